The van der Waals surface area contributed by atoms with Gasteiger partial charge in [0, 0.05) is 29.7 Å². The lowest BCUT2D eigenvalue weighted by molar-refractivity contribution is -0.137. The summed E-state index contributed by atoms with van der Waals surface area (Å²) in [5.41, 5.74) is 2.38. The van der Waals surface area contributed by atoms with E-state index < -0.39 is 17.0 Å². The monoisotopic (exact) mass is 451 g/mol. The average molecular weight is 452 g/mol. The van der Waals surface area contributed by atoms with Gasteiger partial charge in [0.1, 0.15) is 11.4 Å². The Balaban J connectivity index is 1.32. The molecule has 0 radical (unpaired) electrons. The number of carboxylic acid groups (broad SMARTS) is 1. The normalized spacial score (nSPS) is 18.4. The number of aromatic amines is 1. The number of dihydropyridines is 1. The van der Waals surface area contributed by atoms with Crippen molar-refractivity contribution in [2.45, 2.75) is 23.9 Å². The Kier molecular flexibility index (Phi) is 6.83. The number of hydrogen-bond acceptors (Lipinski definition) is 4. The number of H-pyrrole nitrogens is 1. The van der Waals surface area contributed by atoms with Gasteiger partial charge in [-0.1, -0.05) is 36.4 Å². The number of benzene rings is 2. The third kappa shape index (κ3) is 4.98. The van der Waals surface area contributed by atoms with Crippen LogP contribution >= 0.6 is 11.6 Å². The summed E-state index contributed by atoms with van der Waals surface area (Å²) in [6.45, 7) is 1.33. The smallest absolute Gasteiger partial charge is 0.305 e. The van der Waals surface area contributed by atoms with Crippen LogP contribution < -0.4 is 15.4 Å². The van der Waals surface area contributed by atoms with Gasteiger partial charge in [0.2, 0.25) is 0 Å². The van der Waals surface area contributed by atoms with Crippen molar-refractivity contribution in [3.63, 3.8) is 0 Å². The average Bonchev–Trinajstić information content (AvgIpc) is 3.23. The predicted octanol–water partition coefficient (Wildman–Crippen LogP) is 4.81. The van der Waals surface area contributed by atoms with Crippen LogP contribution in [-0.2, 0) is 10.5 Å². The zero-order chi connectivity index (χ0) is 22.4. The molecule has 166 valence electrons. The Bertz CT molecular complexity index is 1130. The van der Waals surface area contributed by atoms with Crippen LogP contribution in [0, 0.1) is 0 Å². The van der Waals surface area contributed by atoms with Gasteiger partial charge in [0.25, 0.3) is 0 Å². The number of carboxylic acids is 1. The van der Waals surface area contributed by atoms with Gasteiger partial charge in [-0.05, 0) is 48.0 Å². The number of fused-ring (bicyclic) bond motifs is 1. The summed E-state index contributed by atoms with van der Waals surface area (Å²) in [5, 5.41) is 16.3. The summed E-state index contributed by atoms with van der Waals surface area (Å²) in [6, 6.07) is 16.0. The summed E-state index contributed by atoms with van der Waals surface area (Å²) in [4.78, 5) is 14.1. The molecule has 0 saturated heterocycles. The van der Waals surface area contributed by atoms with Gasteiger partial charge in [-0.2, -0.15) is 0 Å². The van der Waals surface area contributed by atoms with Crippen LogP contribution in [-0.4, -0.2) is 29.2 Å². The molecule has 1 aliphatic rings. The van der Waals surface area contributed by atoms with Gasteiger partial charge in [-0.3, -0.25) is 10.1 Å². The maximum absolute atomic E-state index is 10.9. The molecule has 0 saturated carbocycles. The molecule has 7 heteroatoms. The van der Waals surface area contributed by atoms with E-state index in [1.165, 1.54) is 0 Å². The first-order chi connectivity index (χ1) is 15.6. The van der Waals surface area contributed by atoms with Crippen molar-refractivity contribution >= 4 is 28.5 Å². The van der Waals surface area contributed by atoms with E-state index in [0.29, 0.717) is 6.61 Å². The molecule has 0 fully saturated rings. The molecule has 6 nitrogen and oxygen atoms in total. The molecule has 3 aromatic rings. The molecule has 1 aromatic heterocycles. The molecular weight excluding hydrogens is 426 g/mol. The maximum atomic E-state index is 10.9. The van der Waals surface area contributed by atoms with E-state index in [1.54, 1.807) is 6.20 Å². The second-order valence-electron chi connectivity index (χ2n) is 7.68. The molecule has 2 aromatic carbocycles. The third-order valence-corrected chi connectivity index (χ3v) is 5.85. The molecule has 32 heavy (non-hydrogen) atoms. The summed E-state index contributed by atoms with van der Waals surface area (Å²) in [6.07, 6.45) is 10.5. The van der Waals surface area contributed by atoms with Crippen molar-refractivity contribution in [3.8, 4) is 5.75 Å². The van der Waals surface area contributed by atoms with E-state index in [9.17, 15) is 4.79 Å². The lowest BCUT2D eigenvalue weighted by Crippen LogP contribution is -2.51. The molecule has 4 rings (SSSR count). The summed E-state index contributed by atoms with van der Waals surface area (Å²) < 4.78 is 5.94. The van der Waals surface area contributed by atoms with Gasteiger partial charge in [0.05, 0.1) is 18.4 Å². The topological polar surface area (TPSA) is 86.4 Å². The van der Waals surface area contributed by atoms with Gasteiger partial charge in [0.15, 0.2) is 0 Å². The molecule has 4 N–H and O–H groups in total. The van der Waals surface area contributed by atoms with Gasteiger partial charge >= 0.3 is 5.97 Å². The summed E-state index contributed by atoms with van der Waals surface area (Å²) >= 11 is 6.25. The lowest BCUT2D eigenvalue weighted by atomic mass is 9.97. The van der Waals surface area contributed by atoms with Crippen LogP contribution in [0.15, 0.2) is 79.2 Å². The minimum Gasteiger partial charge on any atom is -0.493 e. The number of nitrogens with one attached hydrogen (secondary N) is 3. The first-order valence-electron chi connectivity index (χ1n) is 10.6. The fraction of sp³-hybridized carbons (Fsp3) is 0.240. The van der Waals surface area contributed by atoms with Gasteiger partial charge in [-0.15, -0.1) is 11.6 Å². The summed E-state index contributed by atoms with van der Waals surface area (Å²) in [5.74, 6) is -0.163. The first-order valence-corrected chi connectivity index (χ1v) is 11.0. The second kappa shape index (κ2) is 9.94. The Morgan fingerprint density at radius 1 is 1.19 bits per heavy atom. The van der Waals surface area contributed by atoms with Crippen LogP contribution in [0.5, 0.6) is 5.75 Å². The maximum Gasteiger partial charge on any atom is 0.305 e. The van der Waals surface area contributed by atoms with Crippen molar-refractivity contribution < 1.29 is 14.6 Å². The van der Waals surface area contributed by atoms with Crippen molar-refractivity contribution in [2.24, 2.45) is 0 Å². The van der Waals surface area contributed by atoms with E-state index >= 15 is 0 Å². The number of aliphatic carboxylic acids is 1. The second-order valence-corrected chi connectivity index (χ2v) is 8.21. The number of alkyl halides is 1. The zero-order valence-electron chi connectivity index (χ0n) is 17.6. The highest BCUT2D eigenvalue weighted by Crippen LogP contribution is 2.32. The standard InChI is InChI=1S/C25H26ClN3O3/c26-22(16-24(30)31)21-17-27-23-15-19(9-10-20(21)23)32-14-6-13-29-25(11-4-5-12-28-25)18-7-2-1-3-8-18/h1-5,7-12,15,17,22,27-29H,6,13-14,16H2,(H,30,31). The van der Waals surface area contributed by atoms with E-state index in [0.717, 1.165) is 40.7 Å². The zero-order valence-corrected chi connectivity index (χ0v) is 18.3. The number of halogens is 1. The molecule has 0 amide bonds. The molecular formula is C25H26ClN3O3. The largest absolute Gasteiger partial charge is 0.493 e. The highest BCUT2D eigenvalue weighted by atomic mass is 35.5. The fourth-order valence-corrected chi connectivity index (χ4v) is 4.18. The molecule has 0 spiro atoms. The minimum atomic E-state index is -0.920. The molecule has 2 atom stereocenters. The molecule has 2 unspecified atom stereocenters. The summed E-state index contributed by atoms with van der Waals surface area (Å²) in [7, 11) is 0. The van der Waals surface area contributed by atoms with Gasteiger partial charge < -0.3 is 20.1 Å². The quantitative estimate of drug-likeness (QED) is 0.262. The van der Waals surface area contributed by atoms with E-state index in [2.05, 4.69) is 33.8 Å². The van der Waals surface area contributed by atoms with Crippen molar-refractivity contribution in [1.82, 2.24) is 15.6 Å². The molecule has 0 bridgehead atoms. The molecule has 0 aliphatic carbocycles. The number of allylic oxidation sites excluding steroid dienone is 2. The van der Waals surface area contributed by atoms with Crippen molar-refractivity contribution in [3.05, 3.63) is 90.3 Å². The van der Waals surface area contributed by atoms with Crippen LogP contribution in [0.4, 0.5) is 0 Å². The number of rotatable bonds is 10. The Morgan fingerprint density at radius 3 is 2.78 bits per heavy atom. The van der Waals surface area contributed by atoms with E-state index in [4.69, 9.17) is 21.4 Å². The minimum absolute atomic E-state index is 0.121. The highest BCUT2D eigenvalue weighted by Gasteiger charge is 2.27. The number of carbonyl (C=O) groups is 1. The predicted molar refractivity (Wildman–Crippen MR) is 127 cm³/mol. The van der Waals surface area contributed by atoms with Crippen LogP contribution in [0.3, 0.4) is 0 Å². The van der Waals surface area contributed by atoms with Crippen molar-refractivity contribution in [2.75, 3.05) is 13.2 Å². The van der Waals surface area contributed by atoms with Crippen LogP contribution in [0.2, 0.25) is 0 Å². The molecule has 2 heterocycles. The highest BCUT2D eigenvalue weighted by molar-refractivity contribution is 6.22. The number of ether oxygens (including phenoxy) is 1. The van der Waals surface area contributed by atoms with Crippen LogP contribution in [0.25, 0.3) is 10.9 Å². The fourth-order valence-electron chi connectivity index (χ4n) is 3.86. The van der Waals surface area contributed by atoms with E-state index in [-0.39, 0.29) is 6.42 Å². The first kappa shape index (κ1) is 22.0. The van der Waals surface area contributed by atoms with Crippen molar-refractivity contribution in [1.29, 1.82) is 0 Å². The van der Waals surface area contributed by atoms with Gasteiger partial charge in [-0.25, -0.2) is 0 Å². The Labute approximate surface area is 191 Å². The lowest BCUT2D eigenvalue weighted by Gasteiger charge is -2.34. The number of aromatic nitrogens is 1. The van der Waals surface area contributed by atoms with Crippen LogP contribution in [0.1, 0.15) is 29.3 Å². The Hall–Kier alpha value is -3.22. The molecule has 1 aliphatic heterocycles. The Morgan fingerprint density at radius 2 is 2.03 bits per heavy atom. The number of hydrogen-bond donors (Lipinski definition) is 4. The van der Waals surface area contributed by atoms with E-state index in [1.807, 2.05) is 54.8 Å². The SMILES string of the molecule is O=C(O)CC(Cl)c1c[nH]c2cc(OCCCNC3(c4ccccc4)C=CC=CN3)ccc12. The third-order valence-electron chi connectivity index (χ3n) is 5.46.